The summed E-state index contributed by atoms with van der Waals surface area (Å²) >= 11 is 0. The molecule has 3 nitrogen and oxygen atoms in total. The highest BCUT2D eigenvalue weighted by molar-refractivity contribution is 5.88. The molecule has 1 aromatic carbocycles. The van der Waals surface area contributed by atoms with Gasteiger partial charge in [0.1, 0.15) is 5.52 Å². The summed E-state index contributed by atoms with van der Waals surface area (Å²) in [5.74, 6) is 0.0631. The van der Waals surface area contributed by atoms with Crippen molar-refractivity contribution in [1.29, 1.82) is 0 Å². The maximum Gasteiger partial charge on any atom is 0.165 e. The molecule has 0 amide bonds. The number of nitrogens with two attached hydrogens (primary N) is 1. The van der Waals surface area contributed by atoms with Crippen molar-refractivity contribution in [2.45, 2.75) is 0 Å². The first-order valence-electron chi connectivity index (χ1n) is 3.61. The van der Waals surface area contributed by atoms with Crippen LogP contribution in [-0.4, -0.2) is 10.1 Å². The summed E-state index contributed by atoms with van der Waals surface area (Å²) in [4.78, 5) is 4.01. The van der Waals surface area contributed by atoms with E-state index < -0.39 is 0 Å². The van der Waals surface area contributed by atoms with Crippen molar-refractivity contribution in [2.24, 2.45) is 0 Å². The van der Waals surface area contributed by atoms with Gasteiger partial charge in [0.25, 0.3) is 0 Å². The number of benzene rings is 1. The predicted molar refractivity (Wildman–Crippen MR) is 47.8 cm³/mol. The van der Waals surface area contributed by atoms with Gasteiger partial charge in [-0.3, -0.25) is 4.98 Å². The molecule has 0 aliphatic rings. The standard InChI is InChI=1S/C9H8N2O/c10-7-4-3-6-2-1-5-11-8(6)9(7)12/h1-5,12H,10H2. The predicted octanol–water partition coefficient (Wildman–Crippen LogP) is 1.52. The van der Waals surface area contributed by atoms with Crippen LogP contribution in [0.5, 0.6) is 5.75 Å². The zero-order valence-electron chi connectivity index (χ0n) is 6.36. The van der Waals surface area contributed by atoms with Gasteiger partial charge in [-0.25, -0.2) is 0 Å². The quantitative estimate of drug-likeness (QED) is 0.453. The fourth-order valence-electron chi connectivity index (χ4n) is 1.15. The number of nitrogens with zero attached hydrogens (tertiary/aromatic N) is 1. The van der Waals surface area contributed by atoms with Gasteiger partial charge < -0.3 is 10.8 Å². The van der Waals surface area contributed by atoms with Gasteiger partial charge in [-0.15, -0.1) is 0 Å². The van der Waals surface area contributed by atoms with E-state index >= 15 is 0 Å². The second kappa shape index (κ2) is 2.37. The van der Waals surface area contributed by atoms with Crippen molar-refractivity contribution in [2.75, 3.05) is 5.73 Å². The maximum atomic E-state index is 9.47. The minimum absolute atomic E-state index is 0.0631. The first kappa shape index (κ1) is 6.91. The number of fused-ring (bicyclic) bond motifs is 1. The molecule has 0 radical (unpaired) electrons. The van der Waals surface area contributed by atoms with Crippen LogP contribution >= 0.6 is 0 Å². The number of nitrogen functional groups attached to an aromatic ring is 1. The van der Waals surface area contributed by atoms with Crippen LogP contribution in [0.15, 0.2) is 30.5 Å². The molecule has 0 atom stereocenters. The lowest BCUT2D eigenvalue weighted by molar-refractivity contribution is 0.483. The molecule has 3 heteroatoms. The average Bonchev–Trinajstić information content (AvgIpc) is 2.12. The lowest BCUT2D eigenvalue weighted by atomic mass is 10.2. The Bertz CT molecular complexity index is 426. The molecule has 0 saturated heterocycles. The summed E-state index contributed by atoms with van der Waals surface area (Å²) in [6.45, 7) is 0. The molecule has 0 saturated carbocycles. The van der Waals surface area contributed by atoms with Gasteiger partial charge in [-0.2, -0.15) is 0 Å². The Labute approximate surface area is 69.5 Å². The molecule has 0 bridgehead atoms. The third-order valence-electron chi connectivity index (χ3n) is 1.78. The number of aromatic nitrogens is 1. The van der Waals surface area contributed by atoms with Gasteiger partial charge >= 0.3 is 0 Å². The molecule has 1 heterocycles. The zero-order valence-corrected chi connectivity index (χ0v) is 6.36. The Kier molecular flexibility index (Phi) is 1.37. The minimum atomic E-state index is 0.0631. The summed E-state index contributed by atoms with van der Waals surface area (Å²) < 4.78 is 0. The van der Waals surface area contributed by atoms with E-state index in [1.165, 1.54) is 0 Å². The molecule has 2 aromatic rings. The van der Waals surface area contributed by atoms with Crippen molar-refractivity contribution in [3.05, 3.63) is 30.5 Å². The van der Waals surface area contributed by atoms with Crippen molar-refractivity contribution in [3.63, 3.8) is 0 Å². The molecule has 0 unspecified atom stereocenters. The topological polar surface area (TPSA) is 59.1 Å². The highest BCUT2D eigenvalue weighted by atomic mass is 16.3. The van der Waals surface area contributed by atoms with E-state index in [4.69, 9.17) is 5.73 Å². The molecular formula is C9H8N2O. The third-order valence-corrected chi connectivity index (χ3v) is 1.78. The number of anilines is 1. The van der Waals surface area contributed by atoms with Gasteiger partial charge in [-0.1, -0.05) is 12.1 Å². The summed E-state index contributed by atoms with van der Waals surface area (Å²) in [6.07, 6.45) is 1.63. The van der Waals surface area contributed by atoms with Gasteiger partial charge in [0.05, 0.1) is 5.69 Å². The van der Waals surface area contributed by atoms with Crippen molar-refractivity contribution >= 4 is 16.6 Å². The van der Waals surface area contributed by atoms with Crippen LogP contribution in [0.2, 0.25) is 0 Å². The number of aromatic hydroxyl groups is 1. The van der Waals surface area contributed by atoms with Crippen LogP contribution < -0.4 is 5.73 Å². The van der Waals surface area contributed by atoms with E-state index in [9.17, 15) is 5.11 Å². The third kappa shape index (κ3) is 0.871. The molecule has 1 aromatic heterocycles. The molecular weight excluding hydrogens is 152 g/mol. The summed E-state index contributed by atoms with van der Waals surface area (Å²) in [5.41, 5.74) is 6.41. The zero-order chi connectivity index (χ0) is 8.55. The Balaban J connectivity index is 2.91. The van der Waals surface area contributed by atoms with Gasteiger partial charge in [0.2, 0.25) is 0 Å². The summed E-state index contributed by atoms with van der Waals surface area (Å²) in [5, 5.41) is 10.4. The molecule has 0 fully saturated rings. The second-order valence-electron chi connectivity index (χ2n) is 2.58. The maximum absolute atomic E-state index is 9.47. The second-order valence-corrected chi connectivity index (χ2v) is 2.58. The normalized spacial score (nSPS) is 10.3. The van der Waals surface area contributed by atoms with Gasteiger partial charge in [0.15, 0.2) is 5.75 Å². The van der Waals surface area contributed by atoms with Crippen molar-refractivity contribution in [1.82, 2.24) is 4.98 Å². The number of hydrogen-bond donors (Lipinski definition) is 2. The molecule has 12 heavy (non-hydrogen) atoms. The van der Waals surface area contributed by atoms with Crippen LogP contribution in [0.4, 0.5) is 5.69 Å². The largest absolute Gasteiger partial charge is 0.504 e. The number of pyridine rings is 1. The molecule has 2 rings (SSSR count). The Morgan fingerprint density at radius 2 is 2.08 bits per heavy atom. The van der Waals surface area contributed by atoms with Crippen LogP contribution in [0, 0.1) is 0 Å². The van der Waals surface area contributed by atoms with Crippen LogP contribution in [0.25, 0.3) is 10.9 Å². The first-order valence-corrected chi connectivity index (χ1v) is 3.61. The SMILES string of the molecule is Nc1ccc2cccnc2c1O. The van der Waals surface area contributed by atoms with Gasteiger partial charge in [0, 0.05) is 11.6 Å². The van der Waals surface area contributed by atoms with E-state index in [1.807, 2.05) is 18.2 Å². The molecule has 0 spiro atoms. The van der Waals surface area contributed by atoms with E-state index in [2.05, 4.69) is 4.98 Å². The monoisotopic (exact) mass is 160 g/mol. The number of hydrogen-bond acceptors (Lipinski definition) is 3. The Morgan fingerprint density at radius 3 is 2.92 bits per heavy atom. The Hall–Kier alpha value is -1.77. The van der Waals surface area contributed by atoms with Crippen molar-refractivity contribution in [3.8, 4) is 5.75 Å². The number of phenols is 1. The summed E-state index contributed by atoms with van der Waals surface area (Å²) in [7, 11) is 0. The molecule has 0 aliphatic carbocycles. The van der Waals surface area contributed by atoms with Crippen LogP contribution in [0.3, 0.4) is 0 Å². The van der Waals surface area contributed by atoms with Crippen LogP contribution in [-0.2, 0) is 0 Å². The lowest BCUT2D eigenvalue weighted by Crippen LogP contribution is -1.87. The highest BCUT2D eigenvalue weighted by Gasteiger charge is 2.02. The number of rotatable bonds is 0. The fourth-order valence-corrected chi connectivity index (χ4v) is 1.15. The fraction of sp³-hybridized carbons (Fsp3) is 0. The van der Waals surface area contributed by atoms with E-state index in [0.29, 0.717) is 11.2 Å². The highest BCUT2D eigenvalue weighted by Crippen LogP contribution is 2.27. The van der Waals surface area contributed by atoms with E-state index in [0.717, 1.165) is 5.39 Å². The molecule has 3 N–H and O–H groups in total. The number of phenolic OH excluding ortho intramolecular Hbond substituents is 1. The molecule has 0 aliphatic heterocycles. The van der Waals surface area contributed by atoms with E-state index in [1.54, 1.807) is 12.3 Å². The average molecular weight is 160 g/mol. The first-order chi connectivity index (χ1) is 5.79. The van der Waals surface area contributed by atoms with Crippen molar-refractivity contribution < 1.29 is 5.11 Å². The lowest BCUT2D eigenvalue weighted by Gasteiger charge is -2.01. The Morgan fingerprint density at radius 1 is 1.25 bits per heavy atom. The van der Waals surface area contributed by atoms with E-state index in [-0.39, 0.29) is 5.75 Å². The minimum Gasteiger partial charge on any atom is -0.504 e. The smallest absolute Gasteiger partial charge is 0.165 e. The molecule has 60 valence electrons. The summed E-state index contributed by atoms with van der Waals surface area (Å²) in [6, 6.07) is 7.19. The van der Waals surface area contributed by atoms with Crippen LogP contribution in [0.1, 0.15) is 0 Å². The van der Waals surface area contributed by atoms with Gasteiger partial charge in [-0.05, 0) is 12.1 Å².